The van der Waals surface area contributed by atoms with Crippen molar-refractivity contribution in [2.24, 2.45) is 0 Å². The van der Waals surface area contributed by atoms with Gasteiger partial charge in [0.1, 0.15) is 12.1 Å². The van der Waals surface area contributed by atoms with Gasteiger partial charge in [-0.05, 0) is 19.4 Å². The van der Waals surface area contributed by atoms with Crippen LogP contribution in [-0.2, 0) is 12.8 Å². The van der Waals surface area contributed by atoms with Crippen LogP contribution in [0.25, 0.3) is 0 Å². The van der Waals surface area contributed by atoms with Crippen LogP contribution in [0.5, 0.6) is 0 Å². The van der Waals surface area contributed by atoms with Gasteiger partial charge in [-0.15, -0.1) is 0 Å². The van der Waals surface area contributed by atoms with E-state index >= 15 is 0 Å². The maximum Gasteiger partial charge on any atom is 0.135 e. The molecule has 4 heteroatoms. The molecule has 0 radical (unpaired) electrons. The third kappa shape index (κ3) is 3.48. The van der Waals surface area contributed by atoms with Gasteiger partial charge in [0, 0.05) is 37.4 Å². The summed E-state index contributed by atoms with van der Waals surface area (Å²) in [5, 5.41) is 0. The summed E-state index contributed by atoms with van der Waals surface area (Å²) in [5.41, 5.74) is 2.65. The Kier molecular flexibility index (Phi) is 5.77. The molecule has 1 aromatic heterocycles. The number of hydrogen-bond donors (Lipinski definition) is 0. The van der Waals surface area contributed by atoms with Crippen LogP contribution in [0, 0.1) is 0 Å². The van der Waals surface area contributed by atoms with Crippen molar-refractivity contribution in [2.45, 2.75) is 46.5 Å². The molecule has 0 saturated carbocycles. The van der Waals surface area contributed by atoms with Crippen LogP contribution >= 0.6 is 0 Å². The smallest absolute Gasteiger partial charge is 0.135 e. The molecule has 1 saturated heterocycles. The van der Waals surface area contributed by atoms with Crippen molar-refractivity contribution in [2.75, 3.05) is 37.6 Å². The molecule has 1 aromatic rings. The van der Waals surface area contributed by atoms with Gasteiger partial charge in [0.2, 0.25) is 0 Å². The van der Waals surface area contributed by atoms with Crippen molar-refractivity contribution in [1.82, 2.24) is 14.9 Å². The van der Waals surface area contributed by atoms with Crippen molar-refractivity contribution in [3.8, 4) is 0 Å². The standard InChI is InChI=1S/C16H28N4/c1-4-7-14-15(8-5-2)17-13-18-16(14)20-11-9-19(6-3)10-12-20/h13H,4-12H2,1-3H3. The quantitative estimate of drug-likeness (QED) is 0.799. The predicted molar refractivity (Wildman–Crippen MR) is 84.3 cm³/mol. The molecular formula is C16H28N4. The maximum absolute atomic E-state index is 4.61. The van der Waals surface area contributed by atoms with Gasteiger partial charge in [0.05, 0.1) is 0 Å². The van der Waals surface area contributed by atoms with E-state index in [9.17, 15) is 0 Å². The predicted octanol–water partition coefficient (Wildman–Crippen LogP) is 2.52. The third-order valence-corrected chi connectivity index (χ3v) is 4.12. The van der Waals surface area contributed by atoms with E-state index in [1.807, 2.05) is 0 Å². The lowest BCUT2D eigenvalue weighted by atomic mass is 10.0. The Balaban J connectivity index is 2.19. The number of rotatable bonds is 6. The molecule has 0 bridgehead atoms. The first-order valence-corrected chi connectivity index (χ1v) is 8.10. The Morgan fingerprint density at radius 2 is 1.65 bits per heavy atom. The Labute approximate surface area is 123 Å². The summed E-state index contributed by atoms with van der Waals surface area (Å²) in [6, 6.07) is 0. The highest BCUT2D eigenvalue weighted by molar-refractivity contribution is 5.49. The highest BCUT2D eigenvalue weighted by Crippen LogP contribution is 2.23. The van der Waals surface area contributed by atoms with Crippen molar-refractivity contribution < 1.29 is 0 Å². The molecule has 2 rings (SSSR count). The lowest BCUT2D eigenvalue weighted by molar-refractivity contribution is 0.270. The van der Waals surface area contributed by atoms with Gasteiger partial charge >= 0.3 is 0 Å². The number of aryl methyl sites for hydroxylation is 1. The Morgan fingerprint density at radius 3 is 2.25 bits per heavy atom. The van der Waals surface area contributed by atoms with E-state index in [0.29, 0.717) is 0 Å². The minimum absolute atomic E-state index is 1.07. The van der Waals surface area contributed by atoms with Crippen molar-refractivity contribution in [3.63, 3.8) is 0 Å². The monoisotopic (exact) mass is 276 g/mol. The van der Waals surface area contributed by atoms with E-state index in [-0.39, 0.29) is 0 Å². The molecule has 0 atom stereocenters. The summed E-state index contributed by atoms with van der Waals surface area (Å²) in [7, 11) is 0. The molecule has 1 fully saturated rings. The molecule has 0 amide bonds. The zero-order valence-corrected chi connectivity index (χ0v) is 13.2. The number of aromatic nitrogens is 2. The average molecular weight is 276 g/mol. The van der Waals surface area contributed by atoms with Gasteiger partial charge in [0.15, 0.2) is 0 Å². The Morgan fingerprint density at radius 1 is 0.950 bits per heavy atom. The summed E-state index contributed by atoms with van der Waals surface area (Å²) in [5.74, 6) is 1.20. The summed E-state index contributed by atoms with van der Waals surface area (Å²) in [6.45, 7) is 12.3. The van der Waals surface area contributed by atoms with E-state index in [1.165, 1.54) is 17.1 Å². The second-order valence-electron chi connectivity index (χ2n) is 5.54. The Hall–Kier alpha value is -1.16. The SMILES string of the molecule is CCCc1ncnc(N2CCN(CC)CC2)c1CCC. The second-order valence-corrected chi connectivity index (χ2v) is 5.54. The average Bonchev–Trinajstić information content (AvgIpc) is 2.49. The molecule has 20 heavy (non-hydrogen) atoms. The van der Waals surface area contributed by atoms with E-state index < -0.39 is 0 Å². The number of likely N-dealkylation sites (N-methyl/N-ethyl adjacent to an activating group) is 1. The van der Waals surface area contributed by atoms with Crippen LogP contribution in [-0.4, -0.2) is 47.6 Å². The van der Waals surface area contributed by atoms with Crippen molar-refractivity contribution in [1.29, 1.82) is 0 Å². The van der Waals surface area contributed by atoms with Crippen LogP contribution in [0.15, 0.2) is 6.33 Å². The topological polar surface area (TPSA) is 32.3 Å². The van der Waals surface area contributed by atoms with Crippen molar-refractivity contribution >= 4 is 5.82 Å². The number of hydrogen-bond acceptors (Lipinski definition) is 4. The summed E-state index contributed by atoms with van der Waals surface area (Å²) >= 11 is 0. The molecule has 2 heterocycles. The fourth-order valence-electron chi connectivity index (χ4n) is 2.94. The molecule has 0 spiro atoms. The Bertz CT molecular complexity index is 411. The number of piperazine rings is 1. The maximum atomic E-state index is 4.61. The molecule has 0 N–H and O–H groups in total. The number of nitrogens with zero attached hydrogens (tertiary/aromatic N) is 4. The van der Waals surface area contributed by atoms with Gasteiger partial charge in [-0.3, -0.25) is 0 Å². The lowest BCUT2D eigenvalue weighted by Crippen LogP contribution is -2.46. The number of anilines is 1. The fourth-order valence-corrected chi connectivity index (χ4v) is 2.94. The van der Waals surface area contributed by atoms with Crippen LogP contribution in [0.1, 0.15) is 44.9 Å². The van der Waals surface area contributed by atoms with Gasteiger partial charge in [0.25, 0.3) is 0 Å². The molecule has 0 unspecified atom stereocenters. The zero-order valence-electron chi connectivity index (χ0n) is 13.2. The first-order valence-electron chi connectivity index (χ1n) is 8.10. The first kappa shape index (κ1) is 15.2. The van der Waals surface area contributed by atoms with E-state index in [2.05, 4.69) is 40.5 Å². The molecule has 1 aliphatic heterocycles. The van der Waals surface area contributed by atoms with Crippen molar-refractivity contribution in [3.05, 3.63) is 17.6 Å². The highest BCUT2D eigenvalue weighted by Gasteiger charge is 2.20. The zero-order chi connectivity index (χ0) is 14.4. The van der Waals surface area contributed by atoms with Crippen LogP contribution in [0.4, 0.5) is 5.82 Å². The second kappa shape index (κ2) is 7.58. The van der Waals surface area contributed by atoms with Gasteiger partial charge in [-0.1, -0.05) is 33.6 Å². The molecule has 1 aliphatic rings. The molecular weight excluding hydrogens is 248 g/mol. The summed E-state index contributed by atoms with van der Waals surface area (Å²) < 4.78 is 0. The highest BCUT2D eigenvalue weighted by atomic mass is 15.3. The molecule has 0 aliphatic carbocycles. The fraction of sp³-hybridized carbons (Fsp3) is 0.750. The first-order chi connectivity index (χ1) is 9.80. The third-order valence-electron chi connectivity index (χ3n) is 4.12. The van der Waals surface area contributed by atoms with E-state index in [1.54, 1.807) is 6.33 Å². The summed E-state index contributed by atoms with van der Waals surface area (Å²) in [6.07, 6.45) is 6.23. The van der Waals surface area contributed by atoms with Gasteiger partial charge < -0.3 is 9.80 Å². The minimum Gasteiger partial charge on any atom is -0.354 e. The van der Waals surface area contributed by atoms with Crippen LogP contribution in [0.3, 0.4) is 0 Å². The van der Waals surface area contributed by atoms with Gasteiger partial charge in [-0.2, -0.15) is 0 Å². The van der Waals surface area contributed by atoms with E-state index in [4.69, 9.17) is 0 Å². The van der Waals surface area contributed by atoms with Crippen LogP contribution in [0.2, 0.25) is 0 Å². The molecule has 4 nitrogen and oxygen atoms in total. The van der Waals surface area contributed by atoms with E-state index in [0.717, 1.165) is 58.4 Å². The normalized spacial score (nSPS) is 16.6. The molecule has 0 aromatic carbocycles. The van der Waals surface area contributed by atoms with Crippen LogP contribution < -0.4 is 4.90 Å². The summed E-state index contributed by atoms with van der Waals surface area (Å²) in [4.78, 5) is 14.1. The minimum atomic E-state index is 1.07. The largest absolute Gasteiger partial charge is 0.354 e. The lowest BCUT2D eigenvalue weighted by Gasteiger charge is -2.35. The molecule has 112 valence electrons. The van der Waals surface area contributed by atoms with Gasteiger partial charge in [-0.25, -0.2) is 9.97 Å².